The second-order valence-electron chi connectivity index (χ2n) is 5.73. The Morgan fingerprint density at radius 1 is 1.17 bits per heavy atom. The van der Waals surface area contributed by atoms with Gasteiger partial charge in [0.25, 0.3) is 5.69 Å². The van der Waals surface area contributed by atoms with Crippen LogP contribution in [0.2, 0.25) is 0 Å². The number of amides is 2. The van der Waals surface area contributed by atoms with Crippen LogP contribution >= 0.6 is 0 Å². The molecular formula is C19H20N4O6. The van der Waals surface area contributed by atoms with Crippen LogP contribution in [0.1, 0.15) is 22.8 Å². The fourth-order valence-corrected chi connectivity index (χ4v) is 2.54. The van der Waals surface area contributed by atoms with Gasteiger partial charge in [-0.1, -0.05) is 30.3 Å². The van der Waals surface area contributed by atoms with Gasteiger partial charge in [-0.25, -0.2) is 4.79 Å². The van der Waals surface area contributed by atoms with Gasteiger partial charge in [0.1, 0.15) is 6.67 Å². The highest BCUT2D eigenvalue weighted by Crippen LogP contribution is 2.28. The van der Waals surface area contributed by atoms with Crippen LogP contribution in [0.4, 0.5) is 16.2 Å². The molecule has 10 heteroatoms. The van der Waals surface area contributed by atoms with Crippen molar-refractivity contribution in [3.63, 3.8) is 0 Å². The number of ketones is 1. The molecule has 0 radical (unpaired) electrons. The van der Waals surface area contributed by atoms with E-state index in [2.05, 4.69) is 5.32 Å². The first-order chi connectivity index (χ1) is 13.9. The fourth-order valence-electron chi connectivity index (χ4n) is 2.54. The number of anilines is 1. The van der Waals surface area contributed by atoms with Crippen molar-refractivity contribution >= 4 is 29.2 Å². The molecule has 0 fully saturated rings. The SMILES string of the molecule is CCOC(=O)NCN(C(=O)CN)c1ccc([N+](=O)[O-])cc1C(=O)c1ccccc1. The number of nitrogens with zero attached hydrogens (tertiary/aromatic N) is 2. The van der Waals surface area contributed by atoms with Gasteiger partial charge in [-0.2, -0.15) is 0 Å². The van der Waals surface area contributed by atoms with Crippen LogP contribution in [0.5, 0.6) is 0 Å². The lowest BCUT2D eigenvalue weighted by Gasteiger charge is -2.24. The van der Waals surface area contributed by atoms with E-state index in [4.69, 9.17) is 10.5 Å². The smallest absolute Gasteiger partial charge is 0.408 e. The molecule has 0 aliphatic rings. The van der Waals surface area contributed by atoms with Gasteiger partial charge in [-0.15, -0.1) is 0 Å². The number of non-ortho nitro benzene ring substituents is 1. The summed E-state index contributed by atoms with van der Waals surface area (Å²) in [6.45, 7) is 1.02. The summed E-state index contributed by atoms with van der Waals surface area (Å²) in [5.41, 5.74) is 5.44. The zero-order chi connectivity index (χ0) is 21.4. The summed E-state index contributed by atoms with van der Waals surface area (Å²) >= 11 is 0. The van der Waals surface area contributed by atoms with Crippen LogP contribution in [-0.4, -0.2) is 42.5 Å². The highest BCUT2D eigenvalue weighted by Gasteiger charge is 2.25. The Labute approximate surface area is 166 Å². The Hall–Kier alpha value is -3.79. The van der Waals surface area contributed by atoms with E-state index in [-0.39, 0.29) is 35.8 Å². The first kappa shape index (κ1) is 21.5. The fraction of sp³-hybridized carbons (Fsp3) is 0.211. The van der Waals surface area contributed by atoms with E-state index >= 15 is 0 Å². The lowest BCUT2D eigenvalue weighted by Crippen LogP contribution is -2.45. The maximum atomic E-state index is 13.0. The molecule has 0 bridgehead atoms. The average Bonchev–Trinajstić information content (AvgIpc) is 2.73. The van der Waals surface area contributed by atoms with Crippen molar-refractivity contribution in [3.05, 3.63) is 69.8 Å². The number of carbonyl (C=O) groups is 3. The molecule has 0 saturated carbocycles. The average molecular weight is 400 g/mol. The Balaban J connectivity index is 2.51. The molecule has 2 rings (SSSR count). The van der Waals surface area contributed by atoms with Crippen LogP contribution in [0.15, 0.2) is 48.5 Å². The van der Waals surface area contributed by atoms with Crippen molar-refractivity contribution in [2.75, 3.05) is 24.7 Å². The van der Waals surface area contributed by atoms with E-state index in [9.17, 15) is 24.5 Å². The Morgan fingerprint density at radius 2 is 1.86 bits per heavy atom. The van der Waals surface area contributed by atoms with Gasteiger partial charge >= 0.3 is 6.09 Å². The molecule has 0 heterocycles. The molecule has 0 aliphatic carbocycles. The third kappa shape index (κ3) is 5.36. The maximum absolute atomic E-state index is 13.0. The van der Waals surface area contributed by atoms with Crippen molar-refractivity contribution in [2.24, 2.45) is 5.73 Å². The quantitative estimate of drug-likeness (QED) is 0.297. The number of alkyl carbamates (subject to hydrolysis) is 1. The summed E-state index contributed by atoms with van der Waals surface area (Å²) in [6.07, 6.45) is -0.764. The molecule has 0 aromatic heterocycles. The summed E-state index contributed by atoms with van der Waals surface area (Å²) in [5, 5.41) is 13.6. The molecule has 0 spiro atoms. The third-order valence-corrected chi connectivity index (χ3v) is 3.89. The van der Waals surface area contributed by atoms with Gasteiger partial charge in [0.15, 0.2) is 5.78 Å². The van der Waals surface area contributed by atoms with E-state index in [1.807, 2.05) is 0 Å². The number of benzene rings is 2. The molecule has 0 saturated heterocycles. The van der Waals surface area contributed by atoms with Crippen LogP contribution in [0.25, 0.3) is 0 Å². The van der Waals surface area contributed by atoms with Crippen molar-refractivity contribution < 1.29 is 24.0 Å². The van der Waals surface area contributed by atoms with Gasteiger partial charge in [0.05, 0.1) is 29.3 Å². The predicted octanol–water partition coefficient (Wildman–Crippen LogP) is 1.82. The number of hydrogen-bond acceptors (Lipinski definition) is 7. The van der Waals surface area contributed by atoms with Gasteiger partial charge < -0.3 is 15.8 Å². The standard InChI is InChI=1S/C19H20N4O6/c1-2-29-19(26)21-12-22(17(24)11-20)16-9-8-14(23(27)28)10-15(16)18(25)13-6-4-3-5-7-13/h3-10H,2,11-12,20H2,1H3,(H,21,26). The summed E-state index contributed by atoms with van der Waals surface area (Å²) < 4.78 is 4.76. The number of ether oxygens (including phenoxy) is 1. The predicted molar refractivity (Wildman–Crippen MR) is 105 cm³/mol. The minimum Gasteiger partial charge on any atom is -0.450 e. The monoisotopic (exact) mass is 400 g/mol. The van der Waals surface area contributed by atoms with Crippen molar-refractivity contribution in [1.29, 1.82) is 0 Å². The van der Waals surface area contributed by atoms with Crippen LogP contribution < -0.4 is 16.0 Å². The second kappa shape index (κ2) is 9.95. The number of nitro benzene ring substituents is 1. The van der Waals surface area contributed by atoms with Gasteiger partial charge in [-0.3, -0.25) is 24.6 Å². The Morgan fingerprint density at radius 3 is 2.45 bits per heavy atom. The van der Waals surface area contributed by atoms with Crippen LogP contribution in [-0.2, 0) is 9.53 Å². The normalized spacial score (nSPS) is 10.1. The number of nitrogens with one attached hydrogen (secondary N) is 1. The van der Waals surface area contributed by atoms with E-state index in [1.165, 1.54) is 6.07 Å². The lowest BCUT2D eigenvalue weighted by atomic mass is 10.00. The Bertz CT molecular complexity index is 916. The molecule has 29 heavy (non-hydrogen) atoms. The highest BCUT2D eigenvalue weighted by atomic mass is 16.6. The van der Waals surface area contributed by atoms with Gasteiger partial charge in [0.2, 0.25) is 5.91 Å². The highest BCUT2D eigenvalue weighted by molar-refractivity contribution is 6.14. The summed E-state index contributed by atoms with van der Waals surface area (Å²) in [5.74, 6) is -1.12. The number of hydrogen-bond donors (Lipinski definition) is 2. The van der Waals surface area contributed by atoms with Gasteiger partial charge in [-0.05, 0) is 13.0 Å². The molecule has 3 N–H and O–H groups in total. The first-order valence-corrected chi connectivity index (χ1v) is 8.68. The first-order valence-electron chi connectivity index (χ1n) is 8.68. The van der Waals surface area contributed by atoms with Crippen molar-refractivity contribution in [3.8, 4) is 0 Å². The van der Waals surface area contributed by atoms with Crippen molar-refractivity contribution in [2.45, 2.75) is 6.92 Å². The minimum absolute atomic E-state index is 0.0714. The molecule has 0 aliphatic heterocycles. The van der Waals surface area contributed by atoms with Gasteiger partial charge in [0, 0.05) is 17.7 Å². The van der Waals surface area contributed by atoms with Crippen LogP contribution in [0.3, 0.4) is 0 Å². The topological polar surface area (TPSA) is 145 Å². The number of nitrogens with two attached hydrogens (primary N) is 1. The van der Waals surface area contributed by atoms with E-state index < -0.39 is 29.3 Å². The Kier molecular flexibility index (Phi) is 7.38. The molecule has 152 valence electrons. The zero-order valence-corrected chi connectivity index (χ0v) is 15.7. The molecule has 2 aromatic rings. The molecule has 0 unspecified atom stereocenters. The second-order valence-corrected chi connectivity index (χ2v) is 5.73. The van der Waals surface area contributed by atoms with E-state index in [0.29, 0.717) is 0 Å². The largest absolute Gasteiger partial charge is 0.450 e. The number of carbonyl (C=O) groups excluding carboxylic acids is 3. The summed E-state index contributed by atoms with van der Waals surface area (Å²) in [7, 11) is 0. The summed E-state index contributed by atoms with van der Waals surface area (Å²) in [6, 6.07) is 11.6. The van der Waals surface area contributed by atoms with Crippen LogP contribution in [0, 0.1) is 10.1 Å². The van der Waals surface area contributed by atoms with E-state index in [1.54, 1.807) is 37.3 Å². The van der Waals surface area contributed by atoms with E-state index in [0.717, 1.165) is 17.0 Å². The zero-order valence-electron chi connectivity index (χ0n) is 15.7. The maximum Gasteiger partial charge on any atom is 0.408 e. The molecule has 10 nitrogen and oxygen atoms in total. The third-order valence-electron chi connectivity index (χ3n) is 3.89. The number of rotatable bonds is 8. The molecule has 2 amide bonds. The number of nitro groups is 1. The summed E-state index contributed by atoms with van der Waals surface area (Å²) in [4.78, 5) is 48.6. The van der Waals surface area contributed by atoms with Crippen molar-refractivity contribution in [1.82, 2.24) is 5.32 Å². The molecule has 0 atom stereocenters. The minimum atomic E-state index is -0.764. The molecule has 2 aromatic carbocycles. The molecular weight excluding hydrogens is 380 g/mol. The lowest BCUT2D eigenvalue weighted by molar-refractivity contribution is -0.384.